The molecule has 0 aromatic heterocycles. The van der Waals surface area contributed by atoms with Gasteiger partial charge in [-0.2, -0.15) is 5.26 Å². The highest BCUT2D eigenvalue weighted by Gasteiger charge is 2.04. The van der Waals surface area contributed by atoms with Crippen LogP contribution in [0, 0.1) is 23.3 Å². The Kier molecular flexibility index (Phi) is 4.05. The first kappa shape index (κ1) is 8.90. The molecule has 3 heteroatoms. The second-order valence-corrected chi connectivity index (χ2v) is 2.55. The van der Waals surface area contributed by atoms with E-state index in [0.717, 1.165) is 26.3 Å². The molecule has 0 aromatic rings. The fourth-order valence-electron chi connectivity index (χ4n) is 0.961. The molecule has 1 heterocycles. The molecule has 0 aromatic carbocycles. The van der Waals surface area contributed by atoms with Gasteiger partial charge in [0.1, 0.15) is 0 Å². The fourth-order valence-corrected chi connectivity index (χ4v) is 0.961. The van der Waals surface area contributed by atoms with Crippen LogP contribution >= 0.6 is 0 Å². The quantitative estimate of drug-likeness (QED) is 0.420. The smallest absolute Gasteiger partial charge is 0.0649 e. The van der Waals surface area contributed by atoms with Gasteiger partial charge in [0.2, 0.25) is 0 Å². The standard InChI is InChI=1S/C9H12N2O/c10-4-2-1-3-5-11-6-8-12-9-7-11/h1-2,6-9H2. The van der Waals surface area contributed by atoms with E-state index in [0.29, 0.717) is 12.8 Å². The number of nitriles is 1. The Morgan fingerprint density at radius 2 is 2.00 bits per heavy atom. The summed E-state index contributed by atoms with van der Waals surface area (Å²) in [6.45, 7) is 3.32. The molecular formula is C9H12N2O. The highest BCUT2D eigenvalue weighted by molar-refractivity contribution is 5.00. The topological polar surface area (TPSA) is 36.3 Å². The third-order valence-electron chi connectivity index (χ3n) is 1.61. The van der Waals surface area contributed by atoms with E-state index in [2.05, 4.69) is 18.0 Å². The highest BCUT2D eigenvalue weighted by atomic mass is 16.5. The first-order valence-electron chi connectivity index (χ1n) is 4.11. The van der Waals surface area contributed by atoms with Gasteiger partial charge < -0.3 is 9.64 Å². The minimum atomic E-state index is 0.525. The van der Waals surface area contributed by atoms with Crippen LogP contribution in [0.15, 0.2) is 0 Å². The Labute approximate surface area is 72.9 Å². The van der Waals surface area contributed by atoms with Crippen LogP contribution in [0.1, 0.15) is 12.8 Å². The van der Waals surface area contributed by atoms with Gasteiger partial charge in [0.05, 0.1) is 19.3 Å². The zero-order valence-electron chi connectivity index (χ0n) is 7.05. The molecule has 0 saturated carbocycles. The van der Waals surface area contributed by atoms with E-state index >= 15 is 0 Å². The molecule has 0 aliphatic carbocycles. The summed E-state index contributed by atoms with van der Waals surface area (Å²) in [6, 6.07) is 5.07. The molecule has 0 radical (unpaired) electrons. The fraction of sp³-hybridized carbons (Fsp3) is 0.667. The average Bonchev–Trinajstić information content (AvgIpc) is 2.14. The number of nitrogens with zero attached hydrogens (tertiary/aromatic N) is 2. The van der Waals surface area contributed by atoms with Crippen molar-refractivity contribution in [2.45, 2.75) is 12.8 Å². The largest absolute Gasteiger partial charge is 0.378 e. The summed E-state index contributed by atoms with van der Waals surface area (Å²) in [7, 11) is 0. The lowest BCUT2D eigenvalue weighted by molar-refractivity contribution is 0.0637. The van der Waals surface area contributed by atoms with Crippen molar-refractivity contribution in [3.63, 3.8) is 0 Å². The summed E-state index contributed by atoms with van der Waals surface area (Å²) < 4.78 is 5.17. The van der Waals surface area contributed by atoms with E-state index in [1.807, 2.05) is 4.90 Å². The van der Waals surface area contributed by atoms with Crippen molar-refractivity contribution >= 4 is 0 Å². The predicted octanol–water partition coefficient (Wildman–Crippen LogP) is 0.583. The predicted molar refractivity (Wildman–Crippen MR) is 45.0 cm³/mol. The number of hydrogen-bond acceptors (Lipinski definition) is 3. The van der Waals surface area contributed by atoms with E-state index in [9.17, 15) is 0 Å². The normalized spacial score (nSPS) is 16.1. The lowest BCUT2D eigenvalue weighted by Gasteiger charge is -2.22. The van der Waals surface area contributed by atoms with E-state index in [1.54, 1.807) is 0 Å². The Balaban J connectivity index is 2.18. The molecule has 0 atom stereocenters. The van der Waals surface area contributed by atoms with Crippen molar-refractivity contribution in [1.82, 2.24) is 4.90 Å². The average molecular weight is 164 g/mol. The van der Waals surface area contributed by atoms with Gasteiger partial charge in [0, 0.05) is 32.0 Å². The van der Waals surface area contributed by atoms with Crippen molar-refractivity contribution in [1.29, 1.82) is 5.26 Å². The molecule has 0 bridgehead atoms. The van der Waals surface area contributed by atoms with Crippen LogP contribution in [0.2, 0.25) is 0 Å². The van der Waals surface area contributed by atoms with Gasteiger partial charge in [0.15, 0.2) is 0 Å². The van der Waals surface area contributed by atoms with Crippen molar-refractivity contribution in [2.75, 3.05) is 26.3 Å². The van der Waals surface area contributed by atoms with Crippen LogP contribution in [0.25, 0.3) is 0 Å². The molecule has 0 N–H and O–H groups in total. The van der Waals surface area contributed by atoms with Gasteiger partial charge in [-0.05, 0) is 0 Å². The Hall–Kier alpha value is -1.19. The summed E-state index contributed by atoms with van der Waals surface area (Å²) >= 11 is 0. The Morgan fingerprint density at radius 3 is 2.67 bits per heavy atom. The Bertz CT molecular complexity index is 215. The van der Waals surface area contributed by atoms with Crippen molar-refractivity contribution in [3.8, 4) is 18.0 Å². The first-order chi connectivity index (χ1) is 5.93. The minimum Gasteiger partial charge on any atom is -0.378 e. The van der Waals surface area contributed by atoms with Crippen LogP contribution in [0.3, 0.4) is 0 Å². The molecule has 3 nitrogen and oxygen atoms in total. The minimum absolute atomic E-state index is 0.525. The molecule has 1 rings (SSSR count). The van der Waals surface area contributed by atoms with Gasteiger partial charge >= 0.3 is 0 Å². The van der Waals surface area contributed by atoms with E-state index in [4.69, 9.17) is 10.00 Å². The van der Waals surface area contributed by atoms with Gasteiger partial charge in [-0.3, -0.25) is 0 Å². The number of hydrogen-bond donors (Lipinski definition) is 0. The van der Waals surface area contributed by atoms with Crippen molar-refractivity contribution < 1.29 is 4.74 Å². The van der Waals surface area contributed by atoms with Crippen molar-refractivity contribution in [3.05, 3.63) is 0 Å². The zero-order valence-corrected chi connectivity index (χ0v) is 7.05. The maximum atomic E-state index is 8.25. The zero-order chi connectivity index (χ0) is 8.65. The molecule has 1 aliphatic heterocycles. The maximum absolute atomic E-state index is 8.25. The second-order valence-electron chi connectivity index (χ2n) is 2.55. The van der Waals surface area contributed by atoms with E-state index in [-0.39, 0.29) is 0 Å². The lowest BCUT2D eigenvalue weighted by atomic mass is 10.3. The number of unbranched alkanes of at least 4 members (excludes halogenated alkanes) is 1. The molecule has 1 aliphatic rings. The van der Waals surface area contributed by atoms with Crippen LogP contribution < -0.4 is 0 Å². The summed E-state index contributed by atoms with van der Waals surface area (Å²) in [6.07, 6.45) is 1.20. The number of morpholine rings is 1. The first-order valence-corrected chi connectivity index (χ1v) is 4.11. The maximum Gasteiger partial charge on any atom is 0.0649 e. The van der Waals surface area contributed by atoms with Crippen molar-refractivity contribution in [2.24, 2.45) is 0 Å². The SMILES string of the molecule is N#CCCC#CN1CCOCC1. The Morgan fingerprint density at radius 1 is 1.25 bits per heavy atom. The molecule has 0 unspecified atom stereocenters. The van der Waals surface area contributed by atoms with Gasteiger partial charge in [-0.25, -0.2) is 0 Å². The summed E-state index contributed by atoms with van der Waals surface area (Å²) in [5.41, 5.74) is 0. The van der Waals surface area contributed by atoms with Gasteiger partial charge in [0.25, 0.3) is 0 Å². The number of rotatable bonds is 1. The molecule has 1 saturated heterocycles. The molecule has 64 valence electrons. The van der Waals surface area contributed by atoms with Crippen LogP contribution in [0.5, 0.6) is 0 Å². The molecule has 0 amide bonds. The third kappa shape index (κ3) is 3.27. The molecule has 12 heavy (non-hydrogen) atoms. The highest BCUT2D eigenvalue weighted by Crippen LogP contribution is 1.94. The van der Waals surface area contributed by atoms with E-state index in [1.165, 1.54) is 0 Å². The monoisotopic (exact) mass is 164 g/mol. The van der Waals surface area contributed by atoms with Crippen LogP contribution in [-0.4, -0.2) is 31.2 Å². The third-order valence-corrected chi connectivity index (χ3v) is 1.61. The van der Waals surface area contributed by atoms with Gasteiger partial charge in [-0.1, -0.05) is 5.92 Å². The molecular weight excluding hydrogens is 152 g/mol. The van der Waals surface area contributed by atoms with Crippen LogP contribution in [-0.2, 0) is 4.74 Å². The molecule has 0 spiro atoms. The van der Waals surface area contributed by atoms with Crippen LogP contribution in [0.4, 0.5) is 0 Å². The second kappa shape index (κ2) is 5.46. The lowest BCUT2D eigenvalue weighted by Crippen LogP contribution is -2.32. The summed E-state index contributed by atoms with van der Waals surface area (Å²) in [5.74, 6) is 2.95. The summed E-state index contributed by atoms with van der Waals surface area (Å²) in [4.78, 5) is 2.04. The van der Waals surface area contributed by atoms with Gasteiger partial charge in [-0.15, -0.1) is 0 Å². The summed E-state index contributed by atoms with van der Waals surface area (Å²) in [5, 5.41) is 8.25. The van der Waals surface area contributed by atoms with E-state index < -0.39 is 0 Å². The molecule has 1 fully saturated rings. The number of ether oxygens (including phenoxy) is 1.